The Kier molecular flexibility index (Phi) is 5.91. The SMILES string of the molecule is CC(=O)NS(=O)(=O)c1ccc(NC(=O)CSc2nnc(C)s2)cc1. The van der Waals surface area contributed by atoms with Crippen LogP contribution >= 0.6 is 23.1 Å². The van der Waals surface area contributed by atoms with Crippen LogP contribution in [0.15, 0.2) is 33.5 Å². The highest BCUT2D eigenvalue weighted by Crippen LogP contribution is 2.22. The number of carbonyl (C=O) groups excluding carboxylic acids is 2. The first-order chi connectivity index (χ1) is 11.3. The van der Waals surface area contributed by atoms with Gasteiger partial charge in [-0.2, -0.15) is 0 Å². The molecular weight excluding hydrogens is 372 g/mol. The molecule has 2 amide bonds. The molecule has 8 nitrogen and oxygen atoms in total. The monoisotopic (exact) mass is 386 g/mol. The minimum Gasteiger partial charge on any atom is -0.325 e. The van der Waals surface area contributed by atoms with Crippen LogP contribution in [0.25, 0.3) is 0 Å². The summed E-state index contributed by atoms with van der Waals surface area (Å²) in [6, 6.07) is 5.52. The number of anilines is 1. The highest BCUT2D eigenvalue weighted by Gasteiger charge is 2.15. The van der Waals surface area contributed by atoms with Crippen molar-refractivity contribution in [2.24, 2.45) is 0 Å². The molecule has 1 aromatic heterocycles. The van der Waals surface area contributed by atoms with Crippen LogP contribution in [-0.4, -0.2) is 36.2 Å². The molecule has 0 atom stereocenters. The van der Waals surface area contributed by atoms with Crippen molar-refractivity contribution in [2.45, 2.75) is 23.1 Å². The zero-order valence-corrected chi connectivity index (χ0v) is 15.2. The van der Waals surface area contributed by atoms with Crippen LogP contribution < -0.4 is 10.0 Å². The summed E-state index contributed by atoms with van der Waals surface area (Å²) in [5.41, 5.74) is 0.454. The van der Waals surface area contributed by atoms with Gasteiger partial charge in [0.1, 0.15) is 5.01 Å². The number of nitrogens with zero attached hydrogens (tertiary/aromatic N) is 2. The molecule has 0 saturated carbocycles. The first-order valence-corrected chi connectivity index (χ1v) is 9.91. The van der Waals surface area contributed by atoms with Crippen molar-refractivity contribution < 1.29 is 18.0 Å². The Labute approximate surface area is 147 Å². The zero-order chi connectivity index (χ0) is 17.7. The van der Waals surface area contributed by atoms with Gasteiger partial charge in [0.25, 0.3) is 10.0 Å². The molecule has 0 aliphatic heterocycles. The van der Waals surface area contributed by atoms with Gasteiger partial charge in [0.15, 0.2) is 4.34 Å². The van der Waals surface area contributed by atoms with Gasteiger partial charge in [0.2, 0.25) is 11.8 Å². The second kappa shape index (κ2) is 7.73. The molecule has 1 heterocycles. The number of aryl methyl sites for hydroxylation is 1. The first-order valence-electron chi connectivity index (χ1n) is 6.62. The standard InChI is InChI=1S/C13H14N4O4S3/c1-8(18)17-24(20,21)11-5-3-10(4-6-11)14-12(19)7-22-13-16-15-9(2)23-13/h3-6H,7H2,1-2H3,(H,14,19)(H,17,18). The van der Waals surface area contributed by atoms with E-state index >= 15 is 0 Å². The number of hydrogen-bond acceptors (Lipinski definition) is 8. The summed E-state index contributed by atoms with van der Waals surface area (Å²) in [7, 11) is -3.88. The van der Waals surface area contributed by atoms with E-state index in [1.165, 1.54) is 47.4 Å². The summed E-state index contributed by atoms with van der Waals surface area (Å²) >= 11 is 2.68. The average Bonchev–Trinajstić information content (AvgIpc) is 2.90. The smallest absolute Gasteiger partial charge is 0.264 e. The van der Waals surface area contributed by atoms with E-state index in [1.807, 2.05) is 11.6 Å². The molecule has 0 radical (unpaired) electrons. The Morgan fingerprint density at radius 2 is 1.88 bits per heavy atom. The first kappa shape index (κ1) is 18.4. The van der Waals surface area contributed by atoms with Crippen LogP contribution in [0.5, 0.6) is 0 Å². The Bertz CT molecular complexity index is 846. The third-order valence-corrected chi connectivity index (χ3v) is 5.98. The number of hydrogen-bond donors (Lipinski definition) is 2. The summed E-state index contributed by atoms with van der Waals surface area (Å²) in [5.74, 6) is -0.748. The molecule has 0 unspecified atom stereocenters. The van der Waals surface area contributed by atoms with E-state index in [0.717, 1.165) is 11.9 Å². The zero-order valence-electron chi connectivity index (χ0n) is 12.8. The molecule has 1 aromatic carbocycles. The molecule has 24 heavy (non-hydrogen) atoms. The summed E-state index contributed by atoms with van der Waals surface area (Å²) in [6.07, 6.45) is 0. The fourth-order valence-corrected chi connectivity index (χ4v) is 4.23. The van der Waals surface area contributed by atoms with Crippen molar-refractivity contribution in [3.05, 3.63) is 29.3 Å². The second-order valence-corrected chi connectivity index (χ2v) is 8.70. The second-order valence-electron chi connectivity index (χ2n) is 4.61. The lowest BCUT2D eigenvalue weighted by molar-refractivity contribution is -0.117. The van der Waals surface area contributed by atoms with Crippen LogP contribution in [0.4, 0.5) is 5.69 Å². The predicted octanol–water partition coefficient (Wildman–Crippen LogP) is 1.40. The van der Waals surface area contributed by atoms with Gasteiger partial charge in [0.05, 0.1) is 10.6 Å². The highest BCUT2D eigenvalue weighted by molar-refractivity contribution is 8.01. The molecule has 2 N–H and O–H groups in total. The number of sulfonamides is 1. The predicted molar refractivity (Wildman–Crippen MR) is 91.4 cm³/mol. The van der Waals surface area contributed by atoms with Crippen LogP contribution in [-0.2, 0) is 19.6 Å². The van der Waals surface area contributed by atoms with E-state index in [0.29, 0.717) is 10.0 Å². The molecule has 0 saturated heterocycles. The summed E-state index contributed by atoms with van der Waals surface area (Å²) in [4.78, 5) is 22.7. The van der Waals surface area contributed by atoms with Crippen molar-refractivity contribution in [3.63, 3.8) is 0 Å². The molecule has 0 aliphatic carbocycles. The van der Waals surface area contributed by atoms with E-state index in [9.17, 15) is 18.0 Å². The maximum atomic E-state index is 11.9. The van der Waals surface area contributed by atoms with Crippen molar-refractivity contribution in [3.8, 4) is 0 Å². The number of benzene rings is 1. The number of nitrogens with one attached hydrogen (secondary N) is 2. The van der Waals surface area contributed by atoms with Gasteiger partial charge >= 0.3 is 0 Å². The lowest BCUT2D eigenvalue weighted by atomic mass is 10.3. The molecule has 11 heteroatoms. The van der Waals surface area contributed by atoms with Gasteiger partial charge in [-0.05, 0) is 31.2 Å². The molecule has 0 spiro atoms. The molecular formula is C13H14N4O4S3. The maximum Gasteiger partial charge on any atom is 0.264 e. The lowest BCUT2D eigenvalue weighted by Crippen LogP contribution is -2.28. The Balaban J connectivity index is 1.93. The van der Waals surface area contributed by atoms with Gasteiger partial charge in [-0.15, -0.1) is 10.2 Å². The minimum atomic E-state index is -3.88. The largest absolute Gasteiger partial charge is 0.325 e. The molecule has 2 aromatic rings. The quantitative estimate of drug-likeness (QED) is 0.720. The average molecular weight is 386 g/mol. The van der Waals surface area contributed by atoms with Crippen LogP contribution in [0.1, 0.15) is 11.9 Å². The summed E-state index contributed by atoms with van der Waals surface area (Å²) in [5, 5.41) is 11.2. The summed E-state index contributed by atoms with van der Waals surface area (Å²) in [6.45, 7) is 2.95. The molecule has 0 bridgehead atoms. The van der Waals surface area contributed by atoms with Crippen molar-refractivity contribution in [2.75, 3.05) is 11.1 Å². The van der Waals surface area contributed by atoms with Crippen LogP contribution in [0.3, 0.4) is 0 Å². The van der Waals surface area contributed by atoms with E-state index in [2.05, 4.69) is 15.5 Å². The van der Waals surface area contributed by atoms with Gasteiger partial charge in [-0.3, -0.25) is 9.59 Å². The molecule has 0 fully saturated rings. The van der Waals surface area contributed by atoms with Gasteiger partial charge < -0.3 is 5.32 Å². The molecule has 128 valence electrons. The fourth-order valence-electron chi connectivity index (χ4n) is 1.63. The van der Waals surface area contributed by atoms with Gasteiger partial charge in [-0.1, -0.05) is 23.1 Å². The topological polar surface area (TPSA) is 118 Å². The van der Waals surface area contributed by atoms with E-state index < -0.39 is 15.9 Å². The number of carbonyl (C=O) groups is 2. The van der Waals surface area contributed by atoms with E-state index in [-0.39, 0.29) is 16.6 Å². The number of amides is 2. The number of thioether (sulfide) groups is 1. The summed E-state index contributed by atoms with van der Waals surface area (Å²) < 4.78 is 26.2. The normalized spacial score (nSPS) is 11.1. The Morgan fingerprint density at radius 1 is 1.21 bits per heavy atom. The van der Waals surface area contributed by atoms with Gasteiger partial charge in [0, 0.05) is 12.6 Å². The highest BCUT2D eigenvalue weighted by atomic mass is 32.2. The molecule has 2 rings (SSSR count). The van der Waals surface area contributed by atoms with Crippen molar-refractivity contribution in [1.82, 2.24) is 14.9 Å². The number of aromatic nitrogens is 2. The van der Waals surface area contributed by atoms with E-state index in [1.54, 1.807) is 0 Å². The maximum absolute atomic E-state index is 11.9. The minimum absolute atomic E-state index is 0.0607. The Morgan fingerprint density at radius 3 is 2.42 bits per heavy atom. The van der Waals surface area contributed by atoms with Crippen molar-refractivity contribution >= 4 is 50.6 Å². The van der Waals surface area contributed by atoms with Crippen molar-refractivity contribution in [1.29, 1.82) is 0 Å². The lowest BCUT2D eigenvalue weighted by Gasteiger charge is -2.07. The van der Waals surface area contributed by atoms with Crippen LogP contribution in [0.2, 0.25) is 0 Å². The Hall–Kier alpha value is -1.98. The van der Waals surface area contributed by atoms with E-state index in [4.69, 9.17) is 0 Å². The van der Waals surface area contributed by atoms with Gasteiger partial charge in [-0.25, -0.2) is 13.1 Å². The third-order valence-electron chi connectivity index (χ3n) is 2.56. The van der Waals surface area contributed by atoms with Crippen LogP contribution in [0, 0.1) is 6.92 Å². The number of rotatable bonds is 6. The molecule has 0 aliphatic rings. The third kappa shape index (κ3) is 5.28. The fraction of sp³-hybridized carbons (Fsp3) is 0.231.